The van der Waals surface area contributed by atoms with Crippen molar-refractivity contribution in [3.05, 3.63) is 22.3 Å². The van der Waals surface area contributed by atoms with Crippen LogP contribution in [0.5, 0.6) is 0 Å². The molecule has 2 amide bonds. The summed E-state index contributed by atoms with van der Waals surface area (Å²) in [5, 5.41) is 4.82. The van der Waals surface area contributed by atoms with Crippen LogP contribution in [0.4, 0.5) is 9.59 Å². The van der Waals surface area contributed by atoms with Crippen molar-refractivity contribution >= 4 is 12.2 Å². The molecule has 6 nitrogen and oxygen atoms in total. The van der Waals surface area contributed by atoms with Gasteiger partial charge in [0.25, 0.3) is 0 Å². The molecule has 0 radical (unpaired) electrons. The van der Waals surface area contributed by atoms with Gasteiger partial charge in [-0.05, 0) is 52.7 Å². The van der Waals surface area contributed by atoms with Crippen LogP contribution in [0.3, 0.4) is 0 Å². The van der Waals surface area contributed by atoms with Crippen molar-refractivity contribution in [2.45, 2.75) is 41.5 Å². The van der Waals surface area contributed by atoms with Crippen molar-refractivity contribution in [3.63, 3.8) is 0 Å². The molecule has 0 rings (SSSR count). The first kappa shape index (κ1) is 19.0. The number of alkyl carbamates (subject to hydrolysis) is 2. The molecule has 0 bridgehead atoms. The summed E-state index contributed by atoms with van der Waals surface area (Å²) in [5.41, 5.74) is 4.21. The highest BCUT2D eigenvalue weighted by Crippen LogP contribution is 2.02. The fourth-order valence-electron chi connectivity index (χ4n) is 0.927. The second-order valence-corrected chi connectivity index (χ2v) is 5.24. The summed E-state index contributed by atoms with van der Waals surface area (Å²) in [6.45, 7) is 12.0. The molecule has 0 saturated heterocycles. The Bertz CT molecular complexity index is 391. The molecule has 6 heteroatoms. The number of ether oxygens (including phenoxy) is 2. The number of hydrogen-bond donors (Lipinski definition) is 2. The molecule has 120 valence electrons. The van der Waals surface area contributed by atoms with E-state index in [0.717, 1.165) is 22.3 Å². The van der Waals surface area contributed by atoms with Crippen LogP contribution in [-0.4, -0.2) is 32.1 Å². The Hall–Kier alpha value is -1.98. The molecule has 0 atom stereocenters. The van der Waals surface area contributed by atoms with E-state index >= 15 is 0 Å². The molecule has 0 fully saturated rings. The Kier molecular flexibility index (Phi) is 8.92. The summed E-state index contributed by atoms with van der Waals surface area (Å²) in [7, 11) is 0. The largest absolute Gasteiger partial charge is 0.445 e. The highest BCUT2D eigenvalue weighted by molar-refractivity contribution is 5.70. The smallest absolute Gasteiger partial charge is 0.408 e. The maximum absolute atomic E-state index is 11.4. The van der Waals surface area contributed by atoms with E-state index in [1.807, 2.05) is 41.5 Å². The van der Waals surface area contributed by atoms with Gasteiger partial charge in [0.2, 0.25) is 0 Å². The molecule has 0 aromatic carbocycles. The zero-order chi connectivity index (χ0) is 16.4. The van der Waals surface area contributed by atoms with E-state index < -0.39 is 12.2 Å². The lowest BCUT2D eigenvalue weighted by Gasteiger charge is -2.10. The molecule has 2 N–H and O–H groups in total. The summed E-state index contributed by atoms with van der Waals surface area (Å²) < 4.78 is 9.94. The Balaban J connectivity index is 3.84. The SMILES string of the molecule is CC(C)=C(C)COC(=O)NCNC(=O)OCC(C)=C(C)C. The maximum atomic E-state index is 11.4. The molecule has 21 heavy (non-hydrogen) atoms. The first-order chi connectivity index (χ1) is 9.73. The zero-order valence-electron chi connectivity index (χ0n) is 13.8. The average molecular weight is 298 g/mol. The summed E-state index contributed by atoms with van der Waals surface area (Å²) in [6.07, 6.45) is -1.17. The zero-order valence-corrected chi connectivity index (χ0v) is 13.8. The minimum atomic E-state index is -0.587. The Labute approximate surface area is 126 Å². The first-order valence-electron chi connectivity index (χ1n) is 6.81. The number of nitrogens with one attached hydrogen (secondary N) is 2. The van der Waals surface area contributed by atoms with Gasteiger partial charge in [-0.1, -0.05) is 11.1 Å². The van der Waals surface area contributed by atoms with E-state index in [0.29, 0.717) is 0 Å². The molecule has 0 heterocycles. The van der Waals surface area contributed by atoms with Gasteiger partial charge < -0.3 is 20.1 Å². The van der Waals surface area contributed by atoms with Gasteiger partial charge in [0.15, 0.2) is 0 Å². The lowest BCUT2D eigenvalue weighted by atomic mass is 10.2. The van der Waals surface area contributed by atoms with E-state index in [-0.39, 0.29) is 19.9 Å². The molecule has 0 aliphatic heterocycles. The van der Waals surface area contributed by atoms with Crippen molar-refractivity contribution in [2.75, 3.05) is 19.9 Å². The molecular weight excluding hydrogens is 272 g/mol. The maximum Gasteiger partial charge on any atom is 0.408 e. The third kappa shape index (κ3) is 9.54. The van der Waals surface area contributed by atoms with Gasteiger partial charge in [-0.25, -0.2) is 9.59 Å². The van der Waals surface area contributed by atoms with Gasteiger partial charge in [0, 0.05) is 0 Å². The van der Waals surface area contributed by atoms with Gasteiger partial charge in [-0.15, -0.1) is 0 Å². The standard InChI is InChI=1S/C15H26N2O4/c1-10(2)12(5)7-20-14(18)16-9-17-15(19)21-8-13(6)11(3)4/h7-9H2,1-6H3,(H,16,18)(H,17,19). The molecule has 0 aromatic heterocycles. The van der Waals surface area contributed by atoms with Crippen LogP contribution in [0.25, 0.3) is 0 Å². The number of carbonyl (C=O) groups excluding carboxylic acids is 2. The van der Waals surface area contributed by atoms with Crippen molar-refractivity contribution in [1.82, 2.24) is 10.6 Å². The van der Waals surface area contributed by atoms with Crippen molar-refractivity contribution in [1.29, 1.82) is 0 Å². The van der Waals surface area contributed by atoms with Gasteiger partial charge in [-0.2, -0.15) is 0 Å². The number of carbonyl (C=O) groups is 2. The van der Waals surface area contributed by atoms with Gasteiger partial charge >= 0.3 is 12.2 Å². The lowest BCUT2D eigenvalue weighted by Crippen LogP contribution is -2.38. The van der Waals surface area contributed by atoms with Crippen LogP contribution in [0.15, 0.2) is 22.3 Å². The average Bonchev–Trinajstić information content (AvgIpc) is 2.41. The van der Waals surface area contributed by atoms with E-state index in [4.69, 9.17) is 9.47 Å². The molecule has 0 aliphatic rings. The third-order valence-electron chi connectivity index (χ3n) is 3.01. The van der Waals surface area contributed by atoms with Crippen molar-refractivity contribution < 1.29 is 19.1 Å². The third-order valence-corrected chi connectivity index (χ3v) is 3.01. The first-order valence-corrected chi connectivity index (χ1v) is 6.81. The minimum Gasteiger partial charge on any atom is -0.445 e. The minimum absolute atomic E-state index is 0.0423. The van der Waals surface area contributed by atoms with Gasteiger partial charge in [0.05, 0.1) is 6.67 Å². The van der Waals surface area contributed by atoms with Crippen LogP contribution in [0.2, 0.25) is 0 Å². The Morgan fingerprint density at radius 3 is 1.33 bits per heavy atom. The van der Waals surface area contributed by atoms with E-state index in [2.05, 4.69) is 10.6 Å². The molecule has 0 saturated carbocycles. The Morgan fingerprint density at radius 2 is 1.05 bits per heavy atom. The number of hydrogen-bond acceptors (Lipinski definition) is 4. The second-order valence-electron chi connectivity index (χ2n) is 5.24. The van der Waals surface area contributed by atoms with Crippen molar-refractivity contribution in [3.8, 4) is 0 Å². The normalized spacial score (nSPS) is 9.43. The van der Waals surface area contributed by atoms with E-state index in [1.165, 1.54) is 0 Å². The summed E-state index contributed by atoms with van der Waals surface area (Å²) in [6, 6.07) is 0. The topological polar surface area (TPSA) is 76.7 Å². The predicted molar refractivity (Wildman–Crippen MR) is 81.9 cm³/mol. The highest BCUT2D eigenvalue weighted by atomic mass is 16.6. The molecule has 0 unspecified atom stereocenters. The molecule has 0 aliphatic carbocycles. The number of rotatable bonds is 6. The van der Waals surface area contributed by atoms with Crippen LogP contribution in [-0.2, 0) is 9.47 Å². The van der Waals surface area contributed by atoms with Crippen LogP contribution >= 0.6 is 0 Å². The lowest BCUT2D eigenvalue weighted by molar-refractivity contribution is 0.147. The molecular formula is C15H26N2O4. The van der Waals surface area contributed by atoms with E-state index in [1.54, 1.807) is 0 Å². The fraction of sp³-hybridized carbons (Fsp3) is 0.600. The van der Waals surface area contributed by atoms with E-state index in [9.17, 15) is 9.59 Å². The molecule has 0 aromatic rings. The summed E-state index contributed by atoms with van der Waals surface area (Å²) in [4.78, 5) is 22.7. The summed E-state index contributed by atoms with van der Waals surface area (Å²) >= 11 is 0. The predicted octanol–water partition coefficient (Wildman–Crippen LogP) is 3.11. The van der Waals surface area contributed by atoms with Gasteiger partial charge in [-0.3, -0.25) is 0 Å². The summed E-state index contributed by atoms with van der Waals surface area (Å²) in [5.74, 6) is 0. The molecule has 0 spiro atoms. The second kappa shape index (κ2) is 9.85. The number of allylic oxidation sites excluding steroid dienone is 2. The monoisotopic (exact) mass is 298 g/mol. The van der Waals surface area contributed by atoms with Crippen LogP contribution in [0.1, 0.15) is 41.5 Å². The van der Waals surface area contributed by atoms with Crippen LogP contribution < -0.4 is 10.6 Å². The fourth-order valence-corrected chi connectivity index (χ4v) is 0.927. The highest BCUT2D eigenvalue weighted by Gasteiger charge is 2.05. The van der Waals surface area contributed by atoms with Crippen molar-refractivity contribution in [2.24, 2.45) is 0 Å². The number of amides is 2. The van der Waals surface area contributed by atoms with Gasteiger partial charge in [0.1, 0.15) is 13.2 Å². The van der Waals surface area contributed by atoms with Crippen LogP contribution in [0, 0.1) is 0 Å². The quantitative estimate of drug-likeness (QED) is 0.583. The Morgan fingerprint density at radius 1 is 0.714 bits per heavy atom.